The number of carbonyl (C=O) groups excluding carboxylic acids is 1. The van der Waals surface area contributed by atoms with Gasteiger partial charge in [0.25, 0.3) is 0 Å². The molecule has 1 aliphatic rings. The minimum Gasteiger partial charge on any atom is -0.508 e. The van der Waals surface area contributed by atoms with Gasteiger partial charge in [0.1, 0.15) is 11.7 Å². The van der Waals surface area contributed by atoms with E-state index in [9.17, 15) is 9.90 Å². The fourth-order valence-electron chi connectivity index (χ4n) is 2.25. The molecule has 2 atom stereocenters. The second-order valence-electron chi connectivity index (χ2n) is 3.95. The SMILES string of the molecule is CCOC(=O)C1c2c(O)cccc2CC1N. The zero-order valence-electron chi connectivity index (χ0n) is 9.14. The number of hydrogen-bond donors (Lipinski definition) is 2. The third kappa shape index (κ3) is 1.65. The first-order chi connectivity index (χ1) is 7.65. The van der Waals surface area contributed by atoms with Gasteiger partial charge in [-0.3, -0.25) is 4.79 Å². The van der Waals surface area contributed by atoms with Crippen LogP contribution >= 0.6 is 0 Å². The van der Waals surface area contributed by atoms with Crippen LogP contribution in [0.5, 0.6) is 5.75 Å². The lowest BCUT2D eigenvalue weighted by Gasteiger charge is -2.15. The maximum absolute atomic E-state index is 11.8. The fraction of sp³-hybridized carbons (Fsp3) is 0.417. The molecular formula is C12H15NO3. The largest absolute Gasteiger partial charge is 0.508 e. The summed E-state index contributed by atoms with van der Waals surface area (Å²) in [6, 6.07) is 4.91. The Morgan fingerprint density at radius 1 is 1.62 bits per heavy atom. The molecule has 86 valence electrons. The first-order valence-electron chi connectivity index (χ1n) is 5.38. The Morgan fingerprint density at radius 2 is 2.38 bits per heavy atom. The Labute approximate surface area is 94.0 Å². The summed E-state index contributed by atoms with van der Waals surface area (Å²) in [5.74, 6) is -0.755. The van der Waals surface area contributed by atoms with Crippen molar-refractivity contribution in [3.63, 3.8) is 0 Å². The molecule has 2 rings (SSSR count). The van der Waals surface area contributed by atoms with Crippen LogP contribution in [0.1, 0.15) is 24.0 Å². The van der Waals surface area contributed by atoms with E-state index in [-0.39, 0.29) is 17.8 Å². The van der Waals surface area contributed by atoms with E-state index >= 15 is 0 Å². The lowest BCUT2D eigenvalue weighted by atomic mass is 9.98. The van der Waals surface area contributed by atoms with E-state index in [2.05, 4.69) is 0 Å². The summed E-state index contributed by atoms with van der Waals surface area (Å²) in [7, 11) is 0. The van der Waals surface area contributed by atoms with Crippen molar-refractivity contribution in [2.24, 2.45) is 5.73 Å². The molecule has 0 saturated carbocycles. The monoisotopic (exact) mass is 221 g/mol. The van der Waals surface area contributed by atoms with E-state index in [1.807, 2.05) is 6.07 Å². The first-order valence-corrected chi connectivity index (χ1v) is 5.38. The number of benzene rings is 1. The second-order valence-corrected chi connectivity index (χ2v) is 3.95. The van der Waals surface area contributed by atoms with Gasteiger partial charge in [-0.15, -0.1) is 0 Å². The minimum atomic E-state index is -0.531. The lowest BCUT2D eigenvalue weighted by molar-refractivity contribution is -0.145. The molecule has 1 aromatic carbocycles. The van der Waals surface area contributed by atoms with Gasteiger partial charge < -0.3 is 15.6 Å². The molecule has 0 heterocycles. The van der Waals surface area contributed by atoms with Gasteiger partial charge in [0.2, 0.25) is 0 Å². The smallest absolute Gasteiger partial charge is 0.315 e. The molecule has 0 radical (unpaired) electrons. The average molecular weight is 221 g/mol. The van der Waals surface area contributed by atoms with E-state index in [0.717, 1.165) is 5.56 Å². The van der Waals surface area contributed by atoms with Gasteiger partial charge in [0.05, 0.1) is 6.61 Å². The van der Waals surface area contributed by atoms with Crippen LogP contribution < -0.4 is 5.73 Å². The number of ether oxygens (including phenoxy) is 1. The topological polar surface area (TPSA) is 72.5 Å². The number of rotatable bonds is 2. The summed E-state index contributed by atoms with van der Waals surface area (Å²) in [6.45, 7) is 2.08. The standard InChI is InChI=1S/C12H15NO3/c1-2-16-12(15)11-8(13)6-7-4-3-5-9(14)10(7)11/h3-5,8,11,14H,2,6,13H2,1H3. The van der Waals surface area contributed by atoms with Gasteiger partial charge in [-0.05, 0) is 25.0 Å². The van der Waals surface area contributed by atoms with Crippen LogP contribution in [-0.2, 0) is 16.0 Å². The molecule has 4 nitrogen and oxygen atoms in total. The van der Waals surface area contributed by atoms with Crippen LogP contribution in [0.3, 0.4) is 0 Å². The first kappa shape index (κ1) is 11.0. The van der Waals surface area contributed by atoms with Crippen LogP contribution in [0, 0.1) is 0 Å². The minimum absolute atomic E-state index is 0.128. The number of phenolic OH excluding ortho intramolecular Hbond substituents is 1. The third-order valence-corrected chi connectivity index (χ3v) is 2.91. The number of esters is 1. The van der Waals surface area contributed by atoms with E-state index < -0.39 is 5.92 Å². The van der Waals surface area contributed by atoms with Gasteiger partial charge >= 0.3 is 5.97 Å². The number of aromatic hydroxyl groups is 1. The van der Waals surface area contributed by atoms with Crippen molar-refractivity contribution in [1.29, 1.82) is 0 Å². The summed E-state index contributed by atoms with van der Waals surface area (Å²) in [4.78, 5) is 11.8. The van der Waals surface area contributed by atoms with Crippen molar-refractivity contribution in [3.8, 4) is 5.75 Å². The molecule has 0 saturated heterocycles. The molecule has 0 fully saturated rings. The molecule has 16 heavy (non-hydrogen) atoms. The summed E-state index contributed by atoms with van der Waals surface area (Å²) in [6.07, 6.45) is 0.604. The lowest BCUT2D eigenvalue weighted by Crippen LogP contribution is -2.31. The van der Waals surface area contributed by atoms with Crippen LogP contribution in [-0.4, -0.2) is 23.7 Å². The van der Waals surface area contributed by atoms with Crippen LogP contribution in [0.25, 0.3) is 0 Å². The van der Waals surface area contributed by atoms with Gasteiger partial charge in [-0.2, -0.15) is 0 Å². The van der Waals surface area contributed by atoms with Gasteiger partial charge in [0, 0.05) is 11.6 Å². The van der Waals surface area contributed by atoms with E-state index in [0.29, 0.717) is 18.6 Å². The summed E-state index contributed by atoms with van der Waals surface area (Å²) in [5.41, 5.74) is 7.49. The highest BCUT2D eigenvalue weighted by molar-refractivity contribution is 5.82. The van der Waals surface area contributed by atoms with E-state index in [4.69, 9.17) is 10.5 Å². The summed E-state index contributed by atoms with van der Waals surface area (Å²) >= 11 is 0. The fourth-order valence-corrected chi connectivity index (χ4v) is 2.25. The molecule has 0 bridgehead atoms. The molecule has 3 N–H and O–H groups in total. The maximum atomic E-state index is 11.8. The molecule has 0 aromatic heterocycles. The average Bonchev–Trinajstić information content (AvgIpc) is 2.56. The predicted octanol–water partition coefficient (Wildman–Crippen LogP) is 0.922. The predicted molar refractivity (Wildman–Crippen MR) is 59.2 cm³/mol. The Bertz CT molecular complexity index is 417. The van der Waals surface area contributed by atoms with Crippen LogP contribution in [0.15, 0.2) is 18.2 Å². The molecule has 1 aliphatic carbocycles. The van der Waals surface area contributed by atoms with E-state index in [1.165, 1.54) is 0 Å². The van der Waals surface area contributed by atoms with Crippen molar-refractivity contribution in [3.05, 3.63) is 29.3 Å². The Kier molecular flexibility index (Phi) is 2.83. The highest BCUT2D eigenvalue weighted by Crippen LogP contribution is 2.38. The number of hydrogen-bond acceptors (Lipinski definition) is 4. The van der Waals surface area contributed by atoms with Gasteiger partial charge in [-0.1, -0.05) is 12.1 Å². The van der Waals surface area contributed by atoms with Crippen molar-refractivity contribution in [1.82, 2.24) is 0 Å². The number of nitrogens with two attached hydrogens (primary N) is 1. The van der Waals surface area contributed by atoms with Crippen molar-refractivity contribution < 1.29 is 14.6 Å². The molecule has 1 aromatic rings. The molecule has 2 unspecified atom stereocenters. The summed E-state index contributed by atoms with van der Waals surface area (Å²) < 4.78 is 4.98. The zero-order valence-corrected chi connectivity index (χ0v) is 9.14. The van der Waals surface area contributed by atoms with Gasteiger partial charge in [-0.25, -0.2) is 0 Å². The van der Waals surface area contributed by atoms with Crippen LogP contribution in [0.2, 0.25) is 0 Å². The highest BCUT2D eigenvalue weighted by atomic mass is 16.5. The number of carbonyl (C=O) groups is 1. The summed E-state index contributed by atoms with van der Waals surface area (Å²) in [5, 5.41) is 9.77. The van der Waals surface area contributed by atoms with Crippen molar-refractivity contribution >= 4 is 5.97 Å². The quantitative estimate of drug-likeness (QED) is 0.728. The van der Waals surface area contributed by atoms with Crippen molar-refractivity contribution in [2.45, 2.75) is 25.3 Å². The molecule has 0 amide bonds. The molecular weight excluding hydrogens is 206 g/mol. The molecule has 0 aliphatic heterocycles. The number of fused-ring (bicyclic) bond motifs is 1. The highest BCUT2D eigenvalue weighted by Gasteiger charge is 2.38. The molecule has 4 heteroatoms. The van der Waals surface area contributed by atoms with Crippen LogP contribution in [0.4, 0.5) is 0 Å². The Balaban J connectivity index is 2.39. The third-order valence-electron chi connectivity index (χ3n) is 2.91. The normalized spacial score (nSPS) is 22.9. The Morgan fingerprint density at radius 3 is 3.06 bits per heavy atom. The van der Waals surface area contributed by atoms with Crippen molar-refractivity contribution in [2.75, 3.05) is 6.61 Å². The number of phenols is 1. The van der Waals surface area contributed by atoms with Gasteiger partial charge in [0.15, 0.2) is 0 Å². The maximum Gasteiger partial charge on any atom is 0.315 e. The zero-order chi connectivity index (χ0) is 11.7. The molecule has 0 spiro atoms. The van der Waals surface area contributed by atoms with E-state index in [1.54, 1.807) is 19.1 Å². The Hall–Kier alpha value is -1.55. The second kappa shape index (κ2) is 4.14.